The quantitative estimate of drug-likeness (QED) is 0.813. The predicted octanol–water partition coefficient (Wildman–Crippen LogP) is 3.39. The van der Waals surface area contributed by atoms with E-state index < -0.39 is 0 Å². The first-order chi connectivity index (χ1) is 8.26. The number of methoxy groups -OCH3 is 1. The van der Waals surface area contributed by atoms with E-state index in [2.05, 4.69) is 37.4 Å². The zero-order chi connectivity index (χ0) is 12.3. The number of rotatable bonds is 6. The Morgan fingerprint density at radius 1 is 1.41 bits per heavy atom. The maximum Gasteiger partial charge on any atom is 0.0666 e. The number of anilines is 1. The lowest BCUT2D eigenvalue weighted by molar-refractivity contribution is 0.179. The lowest BCUT2D eigenvalue weighted by Gasteiger charge is -2.22. The van der Waals surface area contributed by atoms with Crippen molar-refractivity contribution in [2.24, 2.45) is 5.92 Å². The van der Waals surface area contributed by atoms with Crippen molar-refractivity contribution >= 4 is 5.69 Å². The molecule has 1 aromatic rings. The lowest BCUT2D eigenvalue weighted by atomic mass is 10.0. The molecule has 0 heterocycles. The van der Waals surface area contributed by atoms with Gasteiger partial charge < -0.3 is 10.1 Å². The van der Waals surface area contributed by atoms with Gasteiger partial charge in [0.1, 0.15) is 0 Å². The molecule has 1 aliphatic carbocycles. The molecule has 0 amide bonds. The summed E-state index contributed by atoms with van der Waals surface area (Å²) in [5, 5.41) is 3.70. The van der Waals surface area contributed by atoms with Crippen LogP contribution < -0.4 is 5.32 Å². The summed E-state index contributed by atoms with van der Waals surface area (Å²) in [7, 11) is 1.79. The Morgan fingerprint density at radius 2 is 2.18 bits per heavy atom. The van der Waals surface area contributed by atoms with Crippen LogP contribution in [0.25, 0.3) is 0 Å². The number of aryl methyl sites for hydroxylation is 2. The van der Waals surface area contributed by atoms with E-state index >= 15 is 0 Å². The van der Waals surface area contributed by atoms with Crippen LogP contribution in [-0.2, 0) is 11.2 Å². The Balaban J connectivity index is 2.15. The van der Waals surface area contributed by atoms with Crippen molar-refractivity contribution in [3.05, 3.63) is 29.3 Å². The van der Waals surface area contributed by atoms with Gasteiger partial charge in [0, 0.05) is 12.8 Å². The summed E-state index contributed by atoms with van der Waals surface area (Å²) in [6.45, 7) is 5.20. The average molecular weight is 233 g/mol. The molecule has 1 aromatic carbocycles. The summed E-state index contributed by atoms with van der Waals surface area (Å²) in [5.41, 5.74) is 4.07. The van der Waals surface area contributed by atoms with E-state index in [0.717, 1.165) is 18.9 Å². The SMILES string of the molecule is CCc1cccc(C)c1NC(COC)C1CC1. The van der Waals surface area contributed by atoms with Gasteiger partial charge in [0.15, 0.2) is 0 Å². The van der Waals surface area contributed by atoms with Crippen LogP contribution in [0.2, 0.25) is 0 Å². The summed E-state index contributed by atoms with van der Waals surface area (Å²) >= 11 is 0. The zero-order valence-electron chi connectivity index (χ0n) is 11.1. The second kappa shape index (κ2) is 5.54. The molecule has 1 fully saturated rings. The van der Waals surface area contributed by atoms with Crippen molar-refractivity contribution in [2.75, 3.05) is 19.0 Å². The van der Waals surface area contributed by atoms with Gasteiger partial charge in [-0.25, -0.2) is 0 Å². The van der Waals surface area contributed by atoms with Crippen LogP contribution in [0.5, 0.6) is 0 Å². The molecule has 0 saturated heterocycles. The Labute approximate surface area is 104 Å². The Bertz CT molecular complexity index is 371. The van der Waals surface area contributed by atoms with Crippen LogP contribution in [0.4, 0.5) is 5.69 Å². The summed E-state index contributed by atoms with van der Waals surface area (Å²) < 4.78 is 5.33. The largest absolute Gasteiger partial charge is 0.383 e. The fourth-order valence-corrected chi connectivity index (χ4v) is 2.39. The third kappa shape index (κ3) is 3.01. The number of para-hydroxylation sites is 1. The van der Waals surface area contributed by atoms with Crippen LogP contribution in [0, 0.1) is 12.8 Å². The van der Waals surface area contributed by atoms with Crippen LogP contribution in [0.1, 0.15) is 30.9 Å². The molecule has 2 rings (SSSR count). The molecular weight excluding hydrogens is 210 g/mol. The first-order valence-electron chi connectivity index (χ1n) is 6.60. The smallest absolute Gasteiger partial charge is 0.0666 e. The third-order valence-corrected chi connectivity index (χ3v) is 3.61. The highest BCUT2D eigenvalue weighted by Crippen LogP contribution is 2.35. The molecule has 0 radical (unpaired) electrons. The van der Waals surface area contributed by atoms with E-state index in [0.29, 0.717) is 6.04 Å². The van der Waals surface area contributed by atoms with Crippen molar-refractivity contribution in [1.29, 1.82) is 0 Å². The molecule has 1 unspecified atom stereocenters. The third-order valence-electron chi connectivity index (χ3n) is 3.61. The predicted molar refractivity (Wildman–Crippen MR) is 72.6 cm³/mol. The van der Waals surface area contributed by atoms with Crippen molar-refractivity contribution < 1.29 is 4.74 Å². The minimum Gasteiger partial charge on any atom is -0.383 e. The Kier molecular flexibility index (Phi) is 4.06. The van der Waals surface area contributed by atoms with Crippen LogP contribution >= 0.6 is 0 Å². The Hall–Kier alpha value is -1.02. The topological polar surface area (TPSA) is 21.3 Å². The first-order valence-corrected chi connectivity index (χ1v) is 6.60. The molecule has 0 spiro atoms. The summed E-state index contributed by atoms with van der Waals surface area (Å²) in [6, 6.07) is 7.01. The van der Waals surface area contributed by atoms with E-state index in [1.807, 2.05) is 0 Å². The molecule has 1 N–H and O–H groups in total. The second-order valence-electron chi connectivity index (χ2n) is 5.01. The summed E-state index contributed by atoms with van der Waals surface area (Å²) in [4.78, 5) is 0. The van der Waals surface area contributed by atoms with Gasteiger partial charge in [-0.15, -0.1) is 0 Å². The molecule has 1 aliphatic rings. The Morgan fingerprint density at radius 3 is 2.76 bits per heavy atom. The molecule has 2 nitrogen and oxygen atoms in total. The van der Waals surface area contributed by atoms with Crippen molar-refractivity contribution in [3.8, 4) is 0 Å². The monoisotopic (exact) mass is 233 g/mol. The normalized spacial score (nSPS) is 16.9. The van der Waals surface area contributed by atoms with Crippen molar-refractivity contribution in [2.45, 2.75) is 39.2 Å². The number of nitrogens with one attached hydrogen (secondary N) is 1. The van der Waals surface area contributed by atoms with Gasteiger partial charge in [-0.1, -0.05) is 25.1 Å². The molecular formula is C15H23NO. The van der Waals surface area contributed by atoms with E-state index in [9.17, 15) is 0 Å². The summed E-state index contributed by atoms with van der Waals surface area (Å²) in [5.74, 6) is 0.805. The highest BCUT2D eigenvalue weighted by molar-refractivity contribution is 5.58. The van der Waals surface area contributed by atoms with Gasteiger partial charge in [0.2, 0.25) is 0 Å². The minimum absolute atomic E-state index is 0.478. The van der Waals surface area contributed by atoms with Crippen LogP contribution in [0.15, 0.2) is 18.2 Å². The first kappa shape index (κ1) is 12.4. The molecule has 1 atom stereocenters. The maximum atomic E-state index is 5.33. The molecule has 0 bridgehead atoms. The maximum absolute atomic E-state index is 5.33. The van der Waals surface area contributed by atoms with E-state index in [4.69, 9.17) is 4.74 Å². The fraction of sp³-hybridized carbons (Fsp3) is 0.600. The lowest BCUT2D eigenvalue weighted by Crippen LogP contribution is -2.28. The molecule has 0 aliphatic heterocycles. The molecule has 94 valence electrons. The van der Waals surface area contributed by atoms with Gasteiger partial charge in [-0.2, -0.15) is 0 Å². The number of benzene rings is 1. The van der Waals surface area contributed by atoms with Gasteiger partial charge in [0.05, 0.1) is 12.6 Å². The highest BCUT2D eigenvalue weighted by Gasteiger charge is 2.31. The van der Waals surface area contributed by atoms with Gasteiger partial charge in [-0.3, -0.25) is 0 Å². The van der Waals surface area contributed by atoms with Crippen molar-refractivity contribution in [1.82, 2.24) is 0 Å². The van der Waals surface area contributed by atoms with E-state index in [1.165, 1.54) is 29.7 Å². The van der Waals surface area contributed by atoms with E-state index in [-0.39, 0.29) is 0 Å². The standard InChI is InChI=1S/C15H23NO/c1-4-12-7-5-6-11(2)15(12)16-14(10-17-3)13-8-9-13/h5-7,13-14,16H,4,8-10H2,1-3H3. The van der Waals surface area contributed by atoms with Crippen molar-refractivity contribution in [3.63, 3.8) is 0 Å². The number of hydrogen-bond donors (Lipinski definition) is 1. The van der Waals surface area contributed by atoms with Gasteiger partial charge >= 0.3 is 0 Å². The molecule has 0 aromatic heterocycles. The summed E-state index contributed by atoms with van der Waals surface area (Å²) in [6.07, 6.45) is 3.76. The van der Waals surface area contributed by atoms with Gasteiger partial charge in [0.25, 0.3) is 0 Å². The second-order valence-corrected chi connectivity index (χ2v) is 5.01. The van der Waals surface area contributed by atoms with Crippen LogP contribution in [-0.4, -0.2) is 19.8 Å². The number of hydrogen-bond acceptors (Lipinski definition) is 2. The number of ether oxygens (including phenoxy) is 1. The average Bonchev–Trinajstić information content (AvgIpc) is 3.14. The molecule has 17 heavy (non-hydrogen) atoms. The minimum atomic E-state index is 0.478. The van der Waals surface area contributed by atoms with Crippen LogP contribution in [0.3, 0.4) is 0 Å². The molecule has 1 saturated carbocycles. The fourth-order valence-electron chi connectivity index (χ4n) is 2.39. The highest BCUT2D eigenvalue weighted by atomic mass is 16.5. The van der Waals surface area contributed by atoms with Gasteiger partial charge in [-0.05, 0) is 43.2 Å². The molecule has 2 heteroatoms. The van der Waals surface area contributed by atoms with E-state index in [1.54, 1.807) is 7.11 Å². The zero-order valence-corrected chi connectivity index (χ0v) is 11.1.